The Kier molecular flexibility index (Phi) is 11.8. The Labute approximate surface area is 157 Å². The molecule has 0 radical (unpaired) electrons. The second-order valence-electron chi connectivity index (χ2n) is 3.78. The molecule has 12 heteroatoms. The number of rotatable bonds is 0. The van der Waals surface area contributed by atoms with Crippen molar-refractivity contribution in [1.82, 2.24) is 0 Å². The van der Waals surface area contributed by atoms with Crippen LogP contribution in [0, 0.1) is 37.0 Å². The van der Waals surface area contributed by atoms with E-state index in [1.165, 1.54) is 0 Å². The first-order valence-electron chi connectivity index (χ1n) is 4.57. The van der Waals surface area contributed by atoms with Gasteiger partial charge in [0.25, 0.3) is 0 Å². The van der Waals surface area contributed by atoms with Crippen molar-refractivity contribution in [3.05, 3.63) is 19.3 Å². The molecular weight excluding hydrogens is 831 g/mol. The van der Waals surface area contributed by atoms with Crippen LogP contribution in [0.4, 0.5) is 39.5 Å². The summed E-state index contributed by atoms with van der Waals surface area (Å²) in [5.74, 6) is -8.50. The van der Waals surface area contributed by atoms with Crippen LogP contribution in [-0.2, 0) is 63.2 Å². The first-order chi connectivity index (χ1) is 7.82. The molecule has 1 rings (SSSR count). The molecule has 0 aliphatic heterocycles. The molecular formula is C9H6F9W3-3. The van der Waals surface area contributed by atoms with Gasteiger partial charge in [0.2, 0.25) is 0 Å². The van der Waals surface area contributed by atoms with Gasteiger partial charge in [-0.1, -0.05) is 0 Å². The summed E-state index contributed by atoms with van der Waals surface area (Å²) >= 11 is 0. The van der Waals surface area contributed by atoms with Gasteiger partial charge in [-0.3, -0.25) is 0 Å². The molecule has 0 heterocycles. The van der Waals surface area contributed by atoms with Crippen LogP contribution < -0.4 is 0 Å². The van der Waals surface area contributed by atoms with Gasteiger partial charge in [-0.25, -0.2) is 17.8 Å². The van der Waals surface area contributed by atoms with Crippen molar-refractivity contribution in [2.45, 2.75) is 18.5 Å². The SMILES string of the molecule is FC(F)(F)C1[CH-]C(C(F)(F)F)[CH-]C(C(F)(F)F)[CH-]1.[W].[W].[W]. The Morgan fingerprint density at radius 3 is 0.667 bits per heavy atom. The van der Waals surface area contributed by atoms with Crippen LogP contribution in [0.25, 0.3) is 0 Å². The fourth-order valence-corrected chi connectivity index (χ4v) is 1.52. The van der Waals surface area contributed by atoms with Crippen molar-refractivity contribution in [2.24, 2.45) is 17.8 Å². The summed E-state index contributed by atoms with van der Waals surface area (Å²) in [4.78, 5) is 0. The third-order valence-electron chi connectivity index (χ3n) is 2.38. The van der Waals surface area contributed by atoms with Crippen LogP contribution in [0.5, 0.6) is 0 Å². The fraction of sp³-hybridized carbons (Fsp3) is 0.667. The molecule has 0 bridgehead atoms. The minimum absolute atomic E-state index is 0. The van der Waals surface area contributed by atoms with Crippen molar-refractivity contribution < 1.29 is 103 Å². The Hall–Kier alpha value is 1.43. The van der Waals surface area contributed by atoms with Gasteiger partial charge in [0.15, 0.2) is 0 Å². The Morgan fingerprint density at radius 1 is 0.429 bits per heavy atom. The van der Waals surface area contributed by atoms with Crippen LogP contribution in [0.3, 0.4) is 0 Å². The third-order valence-corrected chi connectivity index (χ3v) is 2.38. The Bertz CT molecular complexity index is 243. The molecule has 0 aromatic carbocycles. The van der Waals surface area contributed by atoms with Crippen LogP contribution in [0.1, 0.15) is 0 Å². The molecule has 1 saturated carbocycles. The molecule has 1 aliphatic carbocycles. The smallest absolute Gasteiger partial charge is 0.340 e. The molecule has 126 valence electrons. The van der Waals surface area contributed by atoms with Crippen molar-refractivity contribution in [2.75, 3.05) is 0 Å². The summed E-state index contributed by atoms with van der Waals surface area (Å²) in [5, 5.41) is 0. The molecule has 1 fully saturated rings. The molecule has 0 saturated heterocycles. The van der Waals surface area contributed by atoms with Gasteiger partial charge in [-0.05, 0) is 0 Å². The first-order valence-corrected chi connectivity index (χ1v) is 4.57. The van der Waals surface area contributed by atoms with E-state index in [0.717, 1.165) is 0 Å². The third kappa shape index (κ3) is 8.19. The minimum atomic E-state index is -5.17. The van der Waals surface area contributed by atoms with E-state index in [1.807, 2.05) is 0 Å². The Morgan fingerprint density at radius 2 is 0.571 bits per heavy atom. The summed E-state index contributed by atoms with van der Waals surface area (Å²) in [6, 6.07) is 0. The molecule has 0 spiro atoms. The number of alkyl halides is 9. The molecule has 0 aromatic rings. The number of hydrogen-bond acceptors (Lipinski definition) is 0. The van der Waals surface area contributed by atoms with Gasteiger partial charge in [-0.15, -0.1) is 0 Å². The topological polar surface area (TPSA) is 0 Å². The second-order valence-corrected chi connectivity index (χ2v) is 3.78. The quantitative estimate of drug-likeness (QED) is 0.255. The van der Waals surface area contributed by atoms with Gasteiger partial charge < -0.3 is 19.3 Å². The number of hydrogen-bond donors (Lipinski definition) is 0. The molecule has 0 unspecified atom stereocenters. The summed E-state index contributed by atoms with van der Waals surface area (Å²) < 4.78 is 110. The van der Waals surface area contributed by atoms with Crippen LogP contribution in [0.15, 0.2) is 0 Å². The summed E-state index contributed by atoms with van der Waals surface area (Å²) in [6.45, 7) is 0. The molecule has 1 aliphatic rings. The molecule has 21 heavy (non-hydrogen) atoms. The molecule has 0 atom stereocenters. The van der Waals surface area contributed by atoms with Gasteiger partial charge in [0, 0.05) is 63.2 Å². The van der Waals surface area contributed by atoms with Crippen LogP contribution in [-0.4, -0.2) is 18.5 Å². The monoisotopic (exact) mass is 837 g/mol. The summed E-state index contributed by atoms with van der Waals surface area (Å²) in [6.07, 6.45) is -16.0. The van der Waals surface area contributed by atoms with Gasteiger partial charge in [0.1, 0.15) is 0 Å². The van der Waals surface area contributed by atoms with E-state index in [9.17, 15) is 39.5 Å². The zero-order valence-corrected chi connectivity index (χ0v) is 18.4. The fourth-order valence-electron chi connectivity index (χ4n) is 1.52. The molecule has 0 aromatic heterocycles. The number of halogens is 9. The largest absolute Gasteiger partial charge is 0.364 e. The maximum absolute atomic E-state index is 12.3. The van der Waals surface area contributed by atoms with Crippen molar-refractivity contribution >= 4 is 0 Å². The van der Waals surface area contributed by atoms with E-state index in [1.54, 1.807) is 0 Å². The summed E-state index contributed by atoms with van der Waals surface area (Å²) in [7, 11) is 0. The molecule has 0 N–H and O–H groups in total. The van der Waals surface area contributed by atoms with E-state index >= 15 is 0 Å². The van der Waals surface area contributed by atoms with E-state index in [2.05, 4.69) is 0 Å². The zero-order chi connectivity index (χ0) is 14.4. The van der Waals surface area contributed by atoms with E-state index in [-0.39, 0.29) is 82.5 Å². The van der Waals surface area contributed by atoms with Crippen molar-refractivity contribution in [3.8, 4) is 0 Å². The van der Waals surface area contributed by atoms with Gasteiger partial charge >= 0.3 is 18.5 Å². The standard InChI is InChI=1S/C9H6F9.3W/c10-7(11,12)4-1-5(8(13,14)15)3-6(2-4)9(16,17)18;;;/h1-6H;;;/q-3;;;. The maximum atomic E-state index is 12.3. The van der Waals surface area contributed by atoms with E-state index in [4.69, 9.17) is 0 Å². The van der Waals surface area contributed by atoms with Gasteiger partial charge in [-0.2, -0.15) is 39.5 Å². The molecule has 0 nitrogen and oxygen atoms in total. The van der Waals surface area contributed by atoms with Crippen molar-refractivity contribution in [3.63, 3.8) is 0 Å². The maximum Gasteiger partial charge on any atom is 0.340 e. The average Bonchev–Trinajstić information content (AvgIpc) is 2.13. The van der Waals surface area contributed by atoms with Crippen LogP contribution >= 0.6 is 0 Å². The van der Waals surface area contributed by atoms with E-state index < -0.39 is 36.3 Å². The predicted octanol–water partition coefficient (Wildman–Crippen LogP) is 4.14. The zero-order valence-electron chi connectivity index (χ0n) is 9.59. The van der Waals surface area contributed by atoms with Crippen LogP contribution in [0.2, 0.25) is 0 Å². The van der Waals surface area contributed by atoms with Crippen molar-refractivity contribution in [1.29, 1.82) is 0 Å². The average molecular weight is 837 g/mol. The first kappa shape index (κ1) is 27.3. The van der Waals surface area contributed by atoms with Gasteiger partial charge in [0.05, 0.1) is 0 Å². The molecule has 0 amide bonds. The minimum Gasteiger partial charge on any atom is -0.364 e. The van der Waals surface area contributed by atoms with E-state index in [0.29, 0.717) is 0 Å². The second kappa shape index (κ2) is 9.06. The normalized spacial score (nSPS) is 27.0. The Balaban J connectivity index is -0.00000108. The predicted molar refractivity (Wildman–Crippen MR) is 41.5 cm³/mol. The summed E-state index contributed by atoms with van der Waals surface area (Å²) in [5.41, 5.74) is 0.